The Morgan fingerprint density at radius 1 is 0.780 bits per heavy atom. The molecule has 2 aliphatic rings. The Balaban J connectivity index is -0.000000606. The van der Waals surface area contributed by atoms with Crippen LogP contribution < -0.4 is 18.9 Å². The van der Waals surface area contributed by atoms with Crippen LogP contribution in [0, 0.1) is 19.7 Å². The van der Waals surface area contributed by atoms with Gasteiger partial charge >= 0.3 is 36.8 Å². The SMILES string of the molecule is ClCCBr.O.S.[C-]#[N+]C1(c2ccccc2C(=O)O)CC1.[C-]#[N+]C1(c2ccccc2C(=O)OC)CC1.[C-]#[N+]Cc1ccccc1C(=O)OC.[Li+].[OH-]. The van der Waals surface area contributed by atoms with Crippen molar-refractivity contribution >= 4 is 58.9 Å². The van der Waals surface area contributed by atoms with Crippen molar-refractivity contribution in [3.05, 3.63) is 140 Å². The maximum atomic E-state index is 11.5. The van der Waals surface area contributed by atoms with Crippen molar-refractivity contribution in [2.75, 3.05) is 25.4 Å². The molecular formula is C35H38BrClLiN3O8S. The first-order valence-corrected chi connectivity index (χ1v) is 15.7. The van der Waals surface area contributed by atoms with Gasteiger partial charge in [-0.05, 0) is 18.2 Å². The minimum atomic E-state index is -0.949. The molecule has 0 radical (unpaired) electrons. The minimum absolute atomic E-state index is 0. The Labute approximate surface area is 325 Å². The van der Waals surface area contributed by atoms with Crippen molar-refractivity contribution < 1.29 is 58.8 Å². The average Bonchev–Trinajstić information content (AvgIpc) is 4.04. The number of ether oxygens (including phenoxy) is 2. The standard InChI is InChI=1S/C12H11NO2.C11H9NO2.C10H9NO2.C2H4BrCl.Li.2H2O.H2S/c1-13-12(7-8-12)10-6-4-3-5-9(10)11(14)15-2;1-12-11(6-7-11)9-5-3-2-4-8(9)10(13)14;1-11-7-8-5-3-4-6-9(8)10(12)13-2;3-1-2-4;;;;/h3-6H,7-8H2,2H3;2-5H,6-7H2,(H,13,14);3-6H,7H2,2H3;1-2H2;;3*1H2/q;;;;+1;;;/p-1. The van der Waals surface area contributed by atoms with Crippen LogP contribution in [0.1, 0.15) is 73.4 Å². The first-order chi connectivity index (χ1) is 22.1. The van der Waals surface area contributed by atoms with Crippen LogP contribution in [0.15, 0.2) is 72.8 Å². The average molecular weight is 783 g/mol. The van der Waals surface area contributed by atoms with E-state index in [0.29, 0.717) is 28.1 Å². The number of halogens is 2. The van der Waals surface area contributed by atoms with E-state index in [4.69, 9.17) is 41.2 Å². The van der Waals surface area contributed by atoms with Crippen LogP contribution in [0.5, 0.6) is 0 Å². The molecule has 0 spiro atoms. The quantitative estimate of drug-likeness (QED) is 0.162. The summed E-state index contributed by atoms with van der Waals surface area (Å²) in [5.74, 6) is -0.990. The number of carbonyl (C=O) groups is 3. The van der Waals surface area contributed by atoms with Gasteiger partial charge in [-0.3, -0.25) is 0 Å². The van der Waals surface area contributed by atoms with E-state index in [1.807, 2.05) is 12.1 Å². The zero-order chi connectivity index (χ0) is 34.2. The third-order valence-corrected chi connectivity index (χ3v) is 8.15. The molecule has 0 saturated heterocycles. The second kappa shape index (κ2) is 25.2. The van der Waals surface area contributed by atoms with Gasteiger partial charge in [-0.15, -0.1) is 11.6 Å². The van der Waals surface area contributed by atoms with E-state index < -0.39 is 17.0 Å². The van der Waals surface area contributed by atoms with Gasteiger partial charge in [0.15, 0.2) is 0 Å². The van der Waals surface area contributed by atoms with Crippen molar-refractivity contribution in [3.63, 3.8) is 0 Å². The van der Waals surface area contributed by atoms with Gasteiger partial charge in [0.1, 0.15) is 0 Å². The predicted molar refractivity (Wildman–Crippen MR) is 195 cm³/mol. The molecule has 0 amide bonds. The summed E-state index contributed by atoms with van der Waals surface area (Å²) in [6.07, 6.45) is 3.23. The molecule has 0 heterocycles. The molecule has 262 valence electrons. The van der Waals surface area contributed by atoms with Gasteiger partial charge in [0.2, 0.25) is 6.54 Å². The summed E-state index contributed by atoms with van der Waals surface area (Å²) in [7, 11) is 2.69. The van der Waals surface area contributed by atoms with Gasteiger partial charge in [0.05, 0.1) is 42.0 Å². The number of alkyl halides is 2. The molecule has 15 heteroatoms. The molecule has 4 N–H and O–H groups in total. The minimum Gasteiger partial charge on any atom is -0.870 e. The zero-order valence-electron chi connectivity index (χ0n) is 27.9. The number of carbonyl (C=O) groups excluding carboxylic acids is 2. The summed E-state index contributed by atoms with van der Waals surface area (Å²) in [6.45, 7) is 21.2. The molecule has 11 nitrogen and oxygen atoms in total. The zero-order valence-corrected chi connectivity index (χ0v) is 31.3. The number of hydrogen-bond acceptors (Lipinski definition) is 6. The largest absolute Gasteiger partial charge is 1.00 e. The number of rotatable bonds is 7. The van der Waals surface area contributed by atoms with Crippen LogP contribution >= 0.6 is 41.0 Å². The Kier molecular flexibility index (Phi) is 25.5. The van der Waals surface area contributed by atoms with Crippen LogP contribution in [0.3, 0.4) is 0 Å². The summed E-state index contributed by atoms with van der Waals surface area (Å²) >= 11 is 8.26. The number of nitrogens with zero attached hydrogens (tertiary/aromatic N) is 3. The van der Waals surface area contributed by atoms with Crippen LogP contribution in [0.25, 0.3) is 14.5 Å². The molecule has 5 rings (SSSR count). The van der Waals surface area contributed by atoms with Crippen LogP contribution in [0.2, 0.25) is 0 Å². The topological polar surface area (TPSA) is 164 Å². The van der Waals surface area contributed by atoms with E-state index >= 15 is 0 Å². The summed E-state index contributed by atoms with van der Waals surface area (Å²) in [4.78, 5) is 44.0. The summed E-state index contributed by atoms with van der Waals surface area (Å²) in [5.41, 5.74) is 2.47. The second-order valence-corrected chi connectivity index (χ2v) is 11.2. The van der Waals surface area contributed by atoms with Gasteiger partial charge in [0.25, 0.3) is 11.1 Å². The predicted octanol–water partition coefficient (Wildman–Crippen LogP) is 4.30. The second-order valence-electron chi connectivity index (χ2n) is 10.0. The molecule has 2 fully saturated rings. The van der Waals surface area contributed by atoms with E-state index in [2.05, 4.69) is 35.2 Å². The monoisotopic (exact) mass is 781 g/mol. The molecule has 3 aromatic carbocycles. The van der Waals surface area contributed by atoms with Crippen molar-refractivity contribution in [1.29, 1.82) is 0 Å². The number of carboxylic acid groups (broad SMARTS) is 1. The Morgan fingerprint density at radius 3 is 1.50 bits per heavy atom. The fourth-order valence-corrected chi connectivity index (χ4v) is 4.42. The van der Waals surface area contributed by atoms with Gasteiger partial charge < -0.3 is 40.1 Å². The molecule has 0 aliphatic heterocycles. The van der Waals surface area contributed by atoms with E-state index in [1.165, 1.54) is 14.2 Å². The molecule has 50 heavy (non-hydrogen) atoms. The number of aromatic carboxylic acids is 1. The number of methoxy groups -OCH3 is 2. The molecule has 0 unspecified atom stereocenters. The third-order valence-electron chi connectivity index (χ3n) is 7.11. The fraction of sp³-hybridized carbons (Fsp3) is 0.314. The van der Waals surface area contributed by atoms with Gasteiger partial charge in [0, 0.05) is 42.5 Å². The molecule has 0 atom stereocenters. The van der Waals surface area contributed by atoms with Crippen molar-refractivity contribution in [3.8, 4) is 0 Å². The van der Waals surface area contributed by atoms with Crippen molar-refractivity contribution in [2.24, 2.45) is 0 Å². The smallest absolute Gasteiger partial charge is 0.870 e. The van der Waals surface area contributed by atoms with E-state index in [1.54, 1.807) is 60.7 Å². The van der Waals surface area contributed by atoms with E-state index in [0.717, 1.165) is 36.6 Å². The number of esters is 2. The first-order valence-electron chi connectivity index (χ1n) is 14.0. The summed E-state index contributed by atoms with van der Waals surface area (Å²) < 4.78 is 9.28. The van der Waals surface area contributed by atoms with Crippen LogP contribution in [-0.2, 0) is 27.1 Å². The normalized spacial score (nSPS) is 12.7. The molecule has 0 bridgehead atoms. The number of hydrogen-bond donors (Lipinski definition) is 1. The molecular weight excluding hydrogens is 745 g/mol. The van der Waals surface area contributed by atoms with Gasteiger partial charge in [-0.1, -0.05) is 70.5 Å². The van der Waals surface area contributed by atoms with E-state index in [9.17, 15) is 14.4 Å². The first kappa shape index (κ1) is 50.6. The van der Waals surface area contributed by atoms with Crippen molar-refractivity contribution in [2.45, 2.75) is 43.3 Å². The Morgan fingerprint density at radius 2 is 1.14 bits per heavy atom. The molecule has 0 aromatic heterocycles. The number of benzene rings is 3. The Bertz CT molecular complexity index is 1670. The van der Waals surface area contributed by atoms with Gasteiger partial charge in [-0.2, -0.15) is 13.5 Å². The maximum absolute atomic E-state index is 11.5. The summed E-state index contributed by atoms with van der Waals surface area (Å²) in [6, 6.07) is 20.9. The van der Waals surface area contributed by atoms with E-state index in [-0.39, 0.29) is 67.4 Å². The molecule has 3 aromatic rings. The third kappa shape index (κ3) is 13.8. The number of carboxylic acids is 1. The molecule has 2 saturated carbocycles. The Hall–Kier alpha value is -3.82. The van der Waals surface area contributed by atoms with Crippen LogP contribution in [0.4, 0.5) is 0 Å². The fourth-order valence-electron chi connectivity index (χ4n) is 4.42. The van der Waals surface area contributed by atoms with Gasteiger partial charge in [-0.25, -0.2) is 34.1 Å². The van der Waals surface area contributed by atoms with Crippen molar-refractivity contribution in [1.82, 2.24) is 0 Å². The maximum Gasteiger partial charge on any atom is 1.00 e. The summed E-state index contributed by atoms with van der Waals surface area (Å²) in [5, 5.41) is 9.85. The molecule has 2 aliphatic carbocycles. The van der Waals surface area contributed by atoms with Crippen LogP contribution in [-0.4, -0.2) is 59.4 Å².